The average molecular weight is 403 g/mol. The van der Waals surface area contributed by atoms with Crippen molar-refractivity contribution in [3.05, 3.63) is 51.6 Å². The second-order valence-corrected chi connectivity index (χ2v) is 7.94. The molecular weight excluding hydrogens is 381 g/mol. The first kappa shape index (κ1) is 18.8. The summed E-state index contributed by atoms with van der Waals surface area (Å²) in [5, 5.41) is 18.1. The van der Waals surface area contributed by atoms with Gasteiger partial charge in [0, 0.05) is 28.7 Å². The SMILES string of the molecule is CC1=C(Nc2ccc(F)cc2O[C@H]2CCCNC2)c2ccsc2CN1C(=O)O. The molecular formula is C20H22FN3O3S. The maximum absolute atomic E-state index is 13.9. The predicted octanol–water partition coefficient (Wildman–Crippen LogP) is 4.31. The molecule has 1 saturated heterocycles. The van der Waals surface area contributed by atoms with Crippen LogP contribution in [0.1, 0.15) is 30.2 Å². The normalized spacial score (nSPS) is 19.4. The van der Waals surface area contributed by atoms with Gasteiger partial charge in [-0.2, -0.15) is 0 Å². The number of carbonyl (C=O) groups is 1. The monoisotopic (exact) mass is 403 g/mol. The molecule has 1 fully saturated rings. The van der Waals surface area contributed by atoms with Crippen molar-refractivity contribution in [3.8, 4) is 5.75 Å². The molecule has 0 unspecified atom stereocenters. The summed E-state index contributed by atoms with van der Waals surface area (Å²) in [6.45, 7) is 3.79. The van der Waals surface area contributed by atoms with Crippen molar-refractivity contribution in [1.82, 2.24) is 10.2 Å². The van der Waals surface area contributed by atoms with Crippen LogP contribution in [0.5, 0.6) is 5.75 Å². The van der Waals surface area contributed by atoms with Crippen molar-refractivity contribution in [1.29, 1.82) is 0 Å². The summed E-state index contributed by atoms with van der Waals surface area (Å²) in [5.74, 6) is 0.0558. The van der Waals surface area contributed by atoms with Crippen molar-refractivity contribution in [2.24, 2.45) is 0 Å². The number of hydrogen-bond donors (Lipinski definition) is 3. The van der Waals surface area contributed by atoms with E-state index in [9.17, 15) is 14.3 Å². The zero-order valence-electron chi connectivity index (χ0n) is 15.5. The van der Waals surface area contributed by atoms with Crippen LogP contribution in [0.15, 0.2) is 35.3 Å². The van der Waals surface area contributed by atoms with Crippen LogP contribution < -0.4 is 15.4 Å². The summed E-state index contributed by atoms with van der Waals surface area (Å²) >= 11 is 1.52. The Morgan fingerprint density at radius 2 is 2.29 bits per heavy atom. The van der Waals surface area contributed by atoms with Gasteiger partial charge in [0.15, 0.2) is 0 Å². The van der Waals surface area contributed by atoms with Crippen molar-refractivity contribution in [2.45, 2.75) is 32.4 Å². The third-order valence-electron chi connectivity index (χ3n) is 5.06. The van der Waals surface area contributed by atoms with Crippen LogP contribution in [0.2, 0.25) is 0 Å². The Morgan fingerprint density at radius 1 is 1.43 bits per heavy atom. The lowest BCUT2D eigenvalue weighted by molar-refractivity contribution is 0.156. The van der Waals surface area contributed by atoms with E-state index in [0.717, 1.165) is 36.4 Å². The summed E-state index contributed by atoms with van der Waals surface area (Å²) in [5.41, 5.74) is 2.89. The Morgan fingerprint density at radius 3 is 3.04 bits per heavy atom. The molecule has 1 amide bonds. The fourth-order valence-corrected chi connectivity index (χ4v) is 4.45. The number of halogens is 1. The number of nitrogens with one attached hydrogen (secondary N) is 2. The zero-order valence-corrected chi connectivity index (χ0v) is 16.3. The van der Waals surface area contributed by atoms with E-state index < -0.39 is 6.09 Å². The smallest absolute Gasteiger partial charge is 0.411 e. The van der Waals surface area contributed by atoms with E-state index >= 15 is 0 Å². The van der Waals surface area contributed by atoms with E-state index in [1.165, 1.54) is 28.4 Å². The van der Waals surface area contributed by atoms with Crippen molar-refractivity contribution < 1.29 is 19.0 Å². The minimum Gasteiger partial charge on any atom is -0.487 e. The third kappa shape index (κ3) is 3.70. The highest BCUT2D eigenvalue weighted by Crippen LogP contribution is 2.38. The first-order valence-electron chi connectivity index (χ1n) is 9.25. The van der Waals surface area contributed by atoms with Crippen LogP contribution in [0.4, 0.5) is 14.9 Å². The number of thiophene rings is 1. The lowest BCUT2D eigenvalue weighted by Gasteiger charge is -2.30. The lowest BCUT2D eigenvalue weighted by Crippen LogP contribution is -2.37. The molecule has 4 rings (SSSR count). The van der Waals surface area contributed by atoms with Gasteiger partial charge in [-0.25, -0.2) is 9.18 Å². The predicted molar refractivity (Wildman–Crippen MR) is 107 cm³/mol. The Hall–Kier alpha value is -2.58. The van der Waals surface area contributed by atoms with Gasteiger partial charge in [0.1, 0.15) is 17.7 Å². The summed E-state index contributed by atoms with van der Waals surface area (Å²) < 4.78 is 20.0. The molecule has 1 atom stereocenters. The summed E-state index contributed by atoms with van der Waals surface area (Å²) in [7, 11) is 0. The highest BCUT2D eigenvalue weighted by atomic mass is 32.1. The van der Waals surface area contributed by atoms with Gasteiger partial charge in [0.05, 0.1) is 17.9 Å². The molecule has 0 radical (unpaired) electrons. The molecule has 1 aromatic heterocycles. The molecule has 3 N–H and O–H groups in total. The van der Waals surface area contributed by atoms with Gasteiger partial charge in [0.25, 0.3) is 0 Å². The Bertz CT molecular complexity index is 921. The average Bonchev–Trinajstić information content (AvgIpc) is 3.14. The minimum atomic E-state index is -1.00. The molecule has 0 saturated carbocycles. The van der Waals surface area contributed by atoms with Gasteiger partial charge in [-0.05, 0) is 49.9 Å². The van der Waals surface area contributed by atoms with E-state index in [0.29, 0.717) is 29.4 Å². The number of amides is 1. The van der Waals surface area contributed by atoms with E-state index in [2.05, 4.69) is 10.6 Å². The molecule has 0 aliphatic carbocycles. The molecule has 3 heterocycles. The van der Waals surface area contributed by atoms with E-state index in [1.807, 2.05) is 11.4 Å². The zero-order chi connectivity index (χ0) is 19.7. The number of allylic oxidation sites excluding steroid dienone is 1. The molecule has 6 nitrogen and oxygen atoms in total. The number of ether oxygens (including phenoxy) is 1. The highest BCUT2D eigenvalue weighted by molar-refractivity contribution is 7.10. The van der Waals surface area contributed by atoms with Gasteiger partial charge in [-0.1, -0.05) is 0 Å². The molecule has 2 aliphatic heterocycles. The second-order valence-electron chi connectivity index (χ2n) is 6.94. The fraction of sp³-hybridized carbons (Fsp3) is 0.350. The fourth-order valence-electron chi connectivity index (χ4n) is 3.58. The number of piperidine rings is 1. The van der Waals surface area contributed by atoms with E-state index in [1.54, 1.807) is 13.0 Å². The van der Waals surface area contributed by atoms with Crippen LogP contribution >= 0.6 is 11.3 Å². The number of fused-ring (bicyclic) bond motifs is 1. The van der Waals surface area contributed by atoms with Gasteiger partial charge < -0.3 is 20.5 Å². The molecule has 2 aromatic rings. The molecule has 1 aromatic carbocycles. The Kier molecular flexibility index (Phi) is 5.23. The third-order valence-corrected chi connectivity index (χ3v) is 5.97. The van der Waals surface area contributed by atoms with Crippen LogP contribution in [-0.2, 0) is 6.54 Å². The van der Waals surface area contributed by atoms with Gasteiger partial charge in [-0.3, -0.25) is 4.90 Å². The van der Waals surface area contributed by atoms with Crippen LogP contribution in [0.3, 0.4) is 0 Å². The highest BCUT2D eigenvalue weighted by Gasteiger charge is 2.28. The van der Waals surface area contributed by atoms with E-state index in [-0.39, 0.29) is 11.9 Å². The number of rotatable bonds is 4. The molecule has 148 valence electrons. The van der Waals surface area contributed by atoms with Crippen molar-refractivity contribution in [3.63, 3.8) is 0 Å². The first-order valence-corrected chi connectivity index (χ1v) is 10.1. The van der Waals surface area contributed by atoms with Crippen LogP contribution in [0, 0.1) is 5.82 Å². The summed E-state index contributed by atoms with van der Waals surface area (Å²) in [6, 6.07) is 6.35. The van der Waals surface area contributed by atoms with Crippen LogP contribution in [-0.4, -0.2) is 35.3 Å². The number of nitrogens with zero attached hydrogens (tertiary/aromatic N) is 1. The van der Waals surface area contributed by atoms with Gasteiger partial charge in [0.2, 0.25) is 0 Å². The molecule has 8 heteroatoms. The van der Waals surface area contributed by atoms with Crippen LogP contribution in [0.25, 0.3) is 5.70 Å². The topological polar surface area (TPSA) is 73.8 Å². The maximum Gasteiger partial charge on any atom is 0.411 e. The number of anilines is 1. The quantitative estimate of drug-likeness (QED) is 0.709. The number of benzene rings is 1. The molecule has 0 bridgehead atoms. The van der Waals surface area contributed by atoms with Crippen molar-refractivity contribution in [2.75, 3.05) is 18.4 Å². The van der Waals surface area contributed by atoms with Gasteiger partial charge in [-0.15, -0.1) is 11.3 Å². The molecule has 2 aliphatic rings. The minimum absolute atomic E-state index is 0.0234. The standard InChI is InChI=1S/C20H22FN3O3S/c1-12-19(15-6-8-28-18(15)11-24(12)20(25)26)23-16-5-4-13(21)9-17(16)27-14-3-2-7-22-10-14/h4-6,8-9,14,22-23H,2-3,7,10-11H2,1H3,(H,25,26)/t14-/m0/s1. The lowest BCUT2D eigenvalue weighted by atomic mass is 10.1. The van der Waals surface area contributed by atoms with Crippen molar-refractivity contribution >= 4 is 28.8 Å². The molecule has 28 heavy (non-hydrogen) atoms. The first-order chi connectivity index (χ1) is 13.5. The summed E-state index contributed by atoms with van der Waals surface area (Å²) in [4.78, 5) is 13.9. The molecule has 0 spiro atoms. The Labute approximate surface area is 166 Å². The van der Waals surface area contributed by atoms with E-state index in [4.69, 9.17) is 4.74 Å². The summed E-state index contributed by atoms with van der Waals surface area (Å²) in [6.07, 6.45) is 0.898. The maximum atomic E-state index is 13.9. The number of carboxylic acid groups (broad SMARTS) is 1. The Balaban J connectivity index is 1.67. The largest absolute Gasteiger partial charge is 0.487 e. The number of hydrogen-bond acceptors (Lipinski definition) is 5. The second kappa shape index (κ2) is 7.81. The van der Waals surface area contributed by atoms with Gasteiger partial charge >= 0.3 is 6.09 Å².